The van der Waals surface area contributed by atoms with Crippen molar-refractivity contribution in [1.29, 1.82) is 0 Å². The van der Waals surface area contributed by atoms with Crippen molar-refractivity contribution in [2.24, 2.45) is 0 Å². The molecule has 28 heavy (non-hydrogen) atoms. The van der Waals surface area contributed by atoms with E-state index >= 15 is 0 Å². The van der Waals surface area contributed by atoms with Crippen LogP contribution in [0.4, 0.5) is 11.5 Å². The molecule has 0 aliphatic heterocycles. The van der Waals surface area contributed by atoms with Gasteiger partial charge in [-0.2, -0.15) is 0 Å². The van der Waals surface area contributed by atoms with Crippen molar-refractivity contribution in [3.63, 3.8) is 0 Å². The van der Waals surface area contributed by atoms with Crippen LogP contribution in [0.5, 0.6) is 5.75 Å². The summed E-state index contributed by atoms with van der Waals surface area (Å²) in [5.74, 6) is 1.15. The van der Waals surface area contributed by atoms with E-state index in [2.05, 4.69) is 20.7 Å². The van der Waals surface area contributed by atoms with Crippen LogP contribution in [0.15, 0.2) is 60.2 Å². The number of ether oxygens (including phenoxy) is 2. The summed E-state index contributed by atoms with van der Waals surface area (Å²) >= 11 is 1.57. The molecule has 4 aromatic rings. The van der Waals surface area contributed by atoms with E-state index in [0.717, 1.165) is 32.8 Å². The van der Waals surface area contributed by atoms with Crippen LogP contribution in [0.2, 0.25) is 0 Å². The Morgan fingerprint density at radius 2 is 1.75 bits per heavy atom. The fourth-order valence-electron chi connectivity index (χ4n) is 2.90. The van der Waals surface area contributed by atoms with E-state index in [0.29, 0.717) is 11.4 Å². The molecule has 6 nitrogen and oxygen atoms in total. The zero-order chi connectivity index (χ0) is 19.5. The Kier molecular flexibility index (Phi) is 4.90. The molecule has 0 aliphatic rings. The Hall–Kier alpha value is -3.45. The molecule has 0 radical (unpaired) electrons. The normalized spacial score (nSPS) is 10.6. The smallest absolute Gasteiger partial charge is 0.337 e. The highest BCUT2D eigenvalue weighted by Gasteiger charge is 2.14. The van der Waals surface area contributed by atoms with Gasteiger partial charge in [0.05, 0.1) is 25.2 Å². The quantitative estimate of drug-likeness (QED) is 0.488. The monoisotopic (exact) mass is 391 g/mol. The average Bonchev–Trinajstić information content (AvgIpc) is 3.19. The maximum Gasteiger partial charge on any atom is 0.337 e. The first kappa shape index (κ1) is 17.9. The summed E-state index contributed by atoms with van der Waals surface area (Å²) in [5, 5.41) is 6.36. The van der Waals surface area contributed by atoms with Crippen molar-refractivity contribution in [3.8, 4) is 16.9 Å². The van der Waals surface area contributed by atoms with Crippen LogP contribution in [0.3, 0.4) is 0 Å². The van der Waals surface area contributed by atoms with Crippen molar-refractivity contribution in [2.75, 3.05) is 19.5 Å². The third kappa shape index (κ3) is 3.39. The molecular weight excluding hydrogens is 374 g/mol. The van der Waals surface area contributed by atoms with E-state index in [1.165, 1.54) is 7.11 Å². The number of carbonyl (C=O) groups excluding carboxylic acids is 1. The number of aromatic nitrogens is 2. The van der Waals surface area contributed by atoms with E-state index in [4.69, 9.17) is 9.47 Å². The summed E-state index contributed by atoms with van der Waals surface area (Å²) in [6, 6.07) is 15.0. The number of rotatable bonds is 5. The molecule has 0 saturated heterocycles. The number of hydrogen-bond acceptors (Lipinski definition) is 7. The molecule has 0 unspecified atom stereocenters. The molecular formula is C21H17N3O3S. The zero-order valence-corrected chi connectivity index (χ0v) is 16.1. The van der Waals surface area contributed by atoms with Gasteiger partial charge in [0.2, 0.25) is 0 Å². The van der Waals surface area contributed by atoms with Crippen LogP contribution in [0.25, 0.3) is 21.3 Å². The van der Waals surface area contributed by atoms with Gasteiger partial charge in [0, 0.05) is 16.6 Å². The van der Waals surface area contributed by atoms with Crippen LogP contribution in [-0.4, -0.2) is 30.2 Å². The predicted molar refractivity (Wildman–Crippen MR) is 110 cm³/mol. The fraction of sp³-hybridized carbons (Fsp3) is 0.0952. The second kappa shape index (κ2) is 7.66. The number of methoxy groups -OCH3 is 2. The first-order chi connectivity index (χ1) is 13.7. The van der Waals surface area contributed by atoms with Gasteiger partial charge in [-0.3, -0.25) is 0 Å². The Morgan fingerprint density at radius 1 is 1.00 bits per heavy atom. The lowest BCUT2D eigenvalue weighted by atomic mass is 10.1. The third-order valence-corrected chi connectivity index (χ3v) is 5.23. The second-order valence-electron chi connectivity index (χ2n) is 5.97. The summed E-state index contributed by atoms with van der Waals surface area (Å²) < 4.78 is 9.98. The summed E-state index contributed by atoms with van der Waals surface area (Å²) in [6.45, 7) is 0. The SMILES string of the molecule is COC(=O)c1ccc(Nc2ncnc3scc(-c4ccc(OC)cc4)c23)cc1. The maximum absolute atomic E-state index is 11.6. The molecule has 2 heterocycles. The average molecular weight is 391 g/mol. The van der Waals surface area contributed by atoms with Crippen molar-refractivity contribution < 1.29 is 14.3 Å². The van der Waals surface area contributed by atoms with Crippen LogP contribution >= 0.6 is 11.3 Å². The van der Waals surface area contributed by atoms with E-state index < -0.39 is 0 Å². The number of hydrogen-bond donors (Lipinski definition) is 1. The lowest BCUT2D eigenvalue weighted by Crippen LogP contribution is -2.01. The van der Waals surface area contributed by atoms with Gasteiger partial charge in [0.1, 0.15) is 22.7 Å². The first-order valence-corrected chi connectivity index (χ1v) is 9.39. The Bertz CT molecular complexity index is 1120. The van der Waals surface area contributed by atoms with Crippen LogP contribution in [0.1, 0.15) is 10.4 Å². The minimum Gasteiger partial charge on any atom is -0.497 e. The zero-order valence-electron chi connectivity index (χ0n) is 15.3. The van der Waals surface area contributed by atoms with E-state index in [1.807, 2.05) is 36.4 Å². The number of benzene rings is 2. The van der Waals surface area contributed by atoms with Crippen LogP contribution in [-0.2, 0) is 4.74 Å². The summed E-state index contributed by atoms with van der Waals surface area (Å²) in [7, 11) is 3.01. The fourth-order valence-corrected chi connectivity index (χ4v) is 3.81. The Morgan fingerprint density at radius 3 is 2.43 bits per heavy atom. The van der Waals surface area contributed by atoms with Crippen LogP contribution in [0, 0.1) is 0 Å². The highest BCUT2D eigenvalue weighted by Crippen LogP contribution is 2.37. The van der Waals surface area contributed by atoms with Crippen molar-refractivity contribution in [1.82, 2.24) is 9.97 Å². The molecule has 2 aromatic carbocycles. The van der Waals surface area contributed by atoms with Gasteiger partial charge >= 0.3 is 5.97 Å². The molecule has 0 bridgehead atoms. The van der Waals surface area contributed by atoms with Crippen molar-refractivity contribution in [2.45, 2.75) is 0 Å². The molecule has 0 amide bonds. The van der Waals surface area contributed by atoms with Gasteiger partial charge in [0.15, 0.2) is 0 Å². The third-order valence-electron chi connectivity index (χ3n) is 4.34. The molecule has 7 heteroatoms. The van der Waals surface area contributed by atoms with Gasteiger partial charge < -0.3 is 14.8 Å². The minimum absolute atomic E-state index is 0.365. The predicted octanol–water partition coefficient (Wildman–Crippen LogP) is 4.90. The number of anilines is 2. The van der Waals surface area contributed by atoms with Gasteiger partial charge in [-0.1, -0.05) is 12.1 Å². The Balaban J connectivity index is 1.71. The van der Waals surface area contributed by atoms with E-state index in [9.17, 15) is 4.79 Å². The topological polar surface area (TPSA) is 73.3 Å². The molecule has 0 spiro atoms. The molecule has 2 aromatic heterocycles. The standard InChI is InChI=1S/C21H17N3O3S/c1-26-16-9-5-13(6-10-16)17-11-28-20-18(17)19(22-12-23-20)24-15-7-3-14(4-8-15)21(25)27-2/h3-12H,1-2H3,(H,22,23,24). The molecule has 1 N–H and O–H groups in total. The molecule has 0 fully saturated rings. The molecule has 0 saturated carbocycles. The van der Waals surface area contributed by atoms with Gasteiger partial charge in [0.25, 0.3) is 0 Å². The van der Waals surface area contributed by atoms with Crippen molar-refractivity contribution in [3.05, 3.63) is 65.8 Å². The summed E-state index contributed by atoms with van der Waals surface area (Å²) in [5.41, 5.74) is 3.43. The van der Waals surface area contributed by atoms with E-state index in [-0.39, 0.29) is 5.97 Å². The lowest BCUT2D eigenvalue weighted by molar-refractivity contribution is 0.0601. The summed E-state index contributed by atoms with van der Waals surface area (Å²) in [4.78, 5) is 21.3. The molecule has 0 atom stereocenters. The van der Waals surface area contributed by atoms with E-state index in [1.54, 1.807) is 36.9 Å². The minimum atomic E-state index is -0.365. The van der Waals surface area contributed by atoms with Crippen molar-refractivity contribution >= 4 is 39.0 Å². The van der Waals surface area contributed by atoms with Gasteiger partial charge in [-0.15, -0.1) is 11.3 Å². The largest absolute Gasteiger partial charge is 0.497 e. The maximum atomic E-state index is 11.6. The number of nitrogens with zero attached hydrogens (tertiary/aromatic N) is 2. The first-order valence-electron chi connectivity index (χ1n) is 8.51. The molecule has 140 valence electrons. The highest BCUT2D eigenvalue weighted by molar-refractivity contribution is 7.17. The second-order valence-corrected chi connectivity index (χ2v) is 6.83. The number of carbonyl (C=O) groups is 1. The molecule has 4 rings (SSSR count). The van der Waals surface area contributed by atoms with Crippen LogP contribution < -0.4 is 10.1 Å². The van der Waals surface area contributed by atoms with Gasteiger partial charge in [-0.25, -0.2) is 14.8 Å². The number of esters is 1. The lowest BCUT2D eigenvalue weighted by Gasteiger charge is -2.09. The molecule has 0 aliphatic carbocycles. The number of nitrogens with one attached hydrogen (secondary N) is 1. The Labute approximate surface area is 165 Å². The number of thiophene rings is 1. The highest BCUT2D eigenvalue weighted by atomic mass is 32.1. The summed E-state index contributed by atoms with van der Waals surface area (Å²) in [6.07, 6.45) is 1.54. The number of fused-ring (bicyclic) bond motifs is 1. The van der Waals surface area contributed by atoms with Gasteiger partial charge in [-0.05, 0) is 42.0 Å².